The van der Waals surface area contributed by atoms with E-state index < -0.39 is 18.6 Å². The normalized spacial score (nSPS) is 20.1. The molecule has 84 valence electrons. The van der Waals surface area contributed by atoms with Crippen LogP contribution in [0.4, 0.5) is 0 Å². The predicted octanol–water partition coefficient (Wildman–Crippen LogP) is -0.802. The first-order valence-electron chi connectivity index (χ1n) is 4.79. The van der Waals surface area contributed by atoms with Crippen LogP contribution in [0.2, 0.25) is 0 Å². The number of hydrogen-bond acceptors (Lipinski definition) is 3. The predicted molar refractivity (Wildman–Crippen MR) is 51.1 cm³/mol. The van der Waals surface area contributed by atoms with Crippen molar-refractivity contribution in [3.63, 3.8) is 0 Å². The van der Waals surface area contributed by atoms with Crippen molar-refractivity contribution in [2.24, 2.45) is 0 Å². The average Bonchev–Trinajstić information content (AvgIpc) is 2.62. The van der Waals surface area contributed by atoms with Gasteiger partial charge in [0.25, 0.3) is 0 Å². The van der Waals surface area contributed by atoms with Gasteiger partial charge in [-0.1, -0.05) is 0 Å². The zero-order valence-corrected chi connectivity index (χ0v) is 8.52. The molecule has 0 spiro atoms. The second-order valence-corrected chi connectivity index (χ2v) is 3.48. The Morgan fingerprint density at radius 2 is 2.13 bits per heavy atom. The minimum Gasteiger partial charge on any atom is -0.480 e. The number of carboxylic acid groups (broad SMARTS) is 1. The van der Waals surface area contributed by atoms with E-state index in [9.17, 15) is 14.4 Å². The molecule has 6 heteroatoms. The first kappa shape index (κ1) is 11.5. The Kier molecular flexibility index (Phi) is 3.65. The molecule has 6 nitrogen and oxygen atoms in total. The first-order chi connectivity index (χ1) is 7.02. The molecule has 1 aliphatic heterocycles. The Hall–Kier alpha value is -1.59. The van der Waals surface area contributed by atoms with Crippen LogP contribution in [0.15, 0.2) is 0 Å². The molecule has 1 atom stereocenters. The third kappa shape index (κ3) is 2.93. The summed E-state index contributed by atoms with van der Waals surface area (Å²) in [5.41, 5.74) is 0. The van der Waals surface area contributed by atoms with Gasteiger partial charge in [0.15, 0.2) is 0 Å². The van der Waals surface area contributed by atoms with Gasteiger partial charge in [-0.15, -0.1) is 0 Å². The third-order valence-corrected chi connectivity index (χ3v) is 2.37. The van der Waals surface area contributed by atoms with E-state index in [0.717, 1.165) is 6.42 Å². The maximum atomic E-state index is 11.5. The molecule has 2 amide bonds. The van der Waals surface area contributed by atoms with Gasteiger partial charge in [-0.25, -0.2) is 0 Å². The van der Waals surface area contributed by atoms with Crippen LogP contribution in [0.25, 0.3) is 0 Å². The summed E-state index contributed by atoms with van der Waals surface area (Å²) >= 11 is 0. The van der Waals surface area contributed by atoms with Gasteiger partial charge in [-0.3, -0.25) is 14.4 Å². The lowest BCUT2D eigenvalue weighted by molar-refractivity contribution is -0.140. The van der Waals surface area contributed by atoms with Crippen molar-refractivity contribution < 1.29 is 19.5 Å². The number of likely N-dealkylation sites (tertiary alicyclic amines) is 1. The van der Waals surface area contributed by atoms with E-state index in [0.29, 0.717) is 13.0 Å². The third-order valence-electron chi connectivity index (χ3n) is 2.37. The number of amides is 2. The highest BCUT2D eigenvalue weighted by molar-refractivity contribution is 5.89. The molecule has 1 rings (SSSR count). The largest absolute Gasteiger partial charge is 0.480 e. The monoisotopic (exact) mass is 214 g/mol. The lowest BCUT2D eigenvalue weighted by Crippen LogP contribution is -2.46. The van der Waals surface area contributed by atoms with Gasteiger partial charge < -0.3 is 15.3 Å². The number of nitrogens with zero attached hydrogens (tertiary/aromatic N) is 1. The van der Waals surface area contributed by atoms with Gasteiger partial charge in [-0.05, 0) is 12.8 Å². The van der Waals surface area contributed by atoms with E-state index in [1.54, 1.807) is 0 Å². The fourth-order valence-corrected chi connectivity index (χ4v) is 1.70. The molecular formula is C9H14N2O4. The van der Waals surface area contributed by atoms with Crippen molar-refractivity contribution in [1.82, 2.24) is 10.2 Å². The van der Waals surface area contributed by atoms with Gasteiger partial charge >= 0.3 is 5.97 Å². The summed E-state index contributed by atoms with van der Waals surface area (Å²) in [6.45, 7) is 1.57. The molecule has 1 aliphatic rings. The van der Waals surface area contributed by atoms with E-state index in [4.69, 9.17) is 5.11 Å². The van der Waals surface area contributed by atoms with Gasteiger partial charge in [-0.2, -0.15) is 0 Å². The number of carboxylic acids is 1. The van der Waals surface area contributed by atoms with Crippen molar-refractivity contribution in [2.45, 2.75) is 25.8 Å². The van der Waals surface area contributed by atoms with Crippen LogP contribution in [0.5, 0.6) is 0 Å². The highest BCUT2D eigenvalue weighted by Gasteiger charge is 2.32. The molecule has 2 N–H and O–H groups in total. The Balaban J connectivity index is 2.51. The molecule has 1 saturated heterocycles. The van der Waals surface area contributed by atoms with Crippen LogP contribution in [-0.4, -0.2) is 46.9 Å². The number of aliphatic carboxylic acids is 1. The van der Waals surface area contributed by atoms with E-state index in [-0.39, 0.29) is 11.8 Å². The maximum absolute atomic E-state index is 11.5. The summed E-state index contributed by atoms with van der Waals surface area (Å²) in [6.07, 6.45) is 1.38. The second-order valence-electron chi connectivity index (χ2n) is 3.48. The number of hydrogen-bond donors (Lipinski definition) is 2. The molecule has 0 aliphatic carbocycles. The van der Waals surface area contributed by atoms with Crippen molar-refractivity contribution in [3.05, 3.63) is 0 Å². The molecule has 0 aromatic heterocycles. The summed E-state index contributed by atoms with van der Waals surface area (Å²) in [7, 11) is 0. The van der Waals surface area contributed by atoms with Crippen LogP contribution < -0.4 is 5.32 Å². The summed E-state index contributed by atoms with van der Waals surface area (Å²) in [5, 5.41) is 10.7. The zero-order chi connectivity index (χ0) is 11.4. The Labute approximate surface area is 87.2 Å². The van der Waals surface area contributed by atoms with E-state index >= 15 is 0 Å². The average molecular weight is 214 g/mol. The second kappa shape index (κ2) is 4.77. The van der Waals surface area contributed by atoms with Crippen molar-refractivity contribution in [2.75, 3.05) is 13.1 Å². The summed E-state index contributed by atoms with van der Waals surface area (Å²) in [6, 6.07) is -0.498. The van der Waals surface area contributed by atoms with Crippen LogP contribution in [-0.2, 0) is 14.4 Å². The Bertz CT molecular complexity index is 290. The number of carbonyl (C=O) groups excluding carboxylic acids is 2. The zero-order valence-electron chi connectivity index (χ0n) is 8.52. The van der Waals surface area contributed by atoms with Crippen LogP contribution in [0.3, 0.4) is 0 Å². The minimum atomic E-state index is -1.09. The van der Waals surface area contributed by atoms with E-state index in [1.165, 1.54) is 11.8 Å². The highest BCUT2D eigenvalue weighted by atomic mass is 16.4. The Morgan fingerprint density at radius 3 is 2.67 bits per heavy atom. The van der Waals surface area contributed by atoms with Crippen LogP contribution >= 0.6 is 0 Å². The lowest BCUT2D eigenvalue weighted by atomic mass is 10.2. The Morgan fingerprint density at radius 1 is 1.47 bits per heavy atom. The van der Waals surface area contributed by atoms with Crippen LogP contribution in [0, 0.1) is 0 Å². The molecule has 1 fully saturated rings. The highest BCUT2D eigenvalue weighted by Crippen LogP contribution is 2.16. The molecule has 0 aromatic carbocycles. The number of rotatable bonds is 3. The minimum absolute atomic E-state index is 0.150. The number of nitrogens with one attached hydrogen (secondary N) is 1. The van der Waals surface area contributed by atoms with E-state index in [1.807, 2.05) is 0 Å². The summed E-state index contributed by atoms with van der Waals surface area (Å²) in [4.78, 5) is 34.3. The molecule has 0 radical (unpaired) electrons. The molecular weight excluding hydrogens is 200 g/mol. The van der Waals surface area contributed by atoms with Crippen LogP contribution in [0.1, 0.15) is 19.8 Å². The van der Waals surface area contributed by atoms with Gasteiger partial charge in [0.05, 0.1) is 0 Å². The van der Waals surface area contributed by atoms with Gasteiger partial charge in [0, 0.05) is 13.5 Å². The fraction of sp³-hybridized carbons (Fsp3) is 0.667. The quantitative estimate of drug-likeness (QED) is 0.643. The molecule has 1 heterocycles. The van der Waals surface area contributed by atoms with Gasteiger partial charge in [0.1, 0.15) is 12.6 Å². The van der Waals surface area contributed by atoms with Crippen molar-refractivity contribution in [1.29, 1.82) is 0 Å². The SMILES string of the molecule is CC(=O)N1CCCC1C(=O)NCC(=O)O. The molecule has 0 saturated carbocycles. The fourth-order valence-electron chi connectivity index (χ4n) is 1.70. The molecule has 15 heavy (non-hydrogen) atoms. The summed E-state index contributed by atoms with van der Waals surface area (Å²) in [5.74, 6) is -1.62. The first-order valence-corrected chi connectivity index (χ1v) is 4.79. The maximum Gasteiger partial charge on any atom is 0.322 e. The topological polar surface area (TPSA) is 86.7 Å². The van der Waals surface area contributed by atoms with E-state index in [2.05, 4.69) is 5.32 Å². The van der Waals surface area contributed by atoms with Gasteiger partial charge in [0.2, 0.25) is 11.8 Å². The van der Waals surface area contributed by atoms with Crippen molar-refractivity contribution in [3.8, 4) is 0 Å². The lowest BCUT2D eigenvalue weighted by Gasteiger charge is -2.21. The molecule has 1 unspecified atom stereocenters. The smallest absolute Gasteiger partial charge is 0.322 e. The standard InChI is InChI=1S/C9H14N2O4/c1-6(12)11-4-2-3-7(11)9(15)10-5-8(13)14/h7H,2-5H2,1H3,(H,10,15)(H,13,14). The molecule has 0 bridgehead atoms. The summed E-state index contributed by atoms with van der Waals surface area (Å²) < 4.78 is 0. The molecule has 0 aromatic rings. The van der Waals surface area contributed by atoms with Crippen molar-refractivity contribution >= 4 is 17.8 Å². The number of carbonyl (C=O) groups is 3.